The van der Waals surface area contributed by atoms with E-state index in [1.54, 1.807) is 16.0 Å². The van der Waals surface area contributed by atoms with Crippen molar-refractivity contribution in [1.29, 1.82) is 0 Å². The van der Waals surface area contributed by atoms with E-state index in [2.05, 4.69) is 10.1 Å². The Hall–Kier alpha value is -2.14. The molecule has 3 rings (SSSR count). The van der Waals surface area contributed by atoms with Gasteiger partial charge in [-0.1, -0.05) is 18.2 Å². The molecule has 80 valence electrons. The Morgan fingerprint density at radius 3 is 3.00 bits per heavy atom. The zero-order chi connectivity index (χ0) is 11.0. The minimum atomic E-state index is -0.423. The Bertz CT molecular complexity index is 569. The first-order valence-corrected chi connectivity index (χ1v) is 5.03. The molecule has 1 aliphatic rings. The molecule has 0 amide bonds. The molecule has 1 atom stereocenters. The summed E-state index contributed by atoms with van der Waals surface area (Å²) in [6.45, 7) is 0. The Morgan fingerprint density at radius 1 is 1.25 bits per heavy atom. The Labute approximate surface area is 92.4 Å². The predicted molar refractivity (Wildman–Crippen MR) is 63.6 cm³/mol. The van der Waals surface area contributed by atoms with Crippen LogP contribution in [0, 0.1) is 0 Å². The number of benzene rings is 1. The highest BCUT2D eigenvalue weighted by Crippen LogP contribution is 2.14. The summed E-state index contributed by atoms with van der Waals surface area (Å²) in [7, 11) is 0. The number of hydrogen-bond acceptors (Lipinski definition) is 4. The molecule has 0 radical (unpaired) electrons. The molecule has 0 aliphatic carbocycles. The van der Waals surface area contributed by atoms with Crippen LogP contribution in [0.25, 0.3) is 10.9 Å². The minimum Gasteiger partial charge on any atom is -0.291 e. The number of hydrogen-bond donors (Lipinski definition) is 1. The van der Waals surface area contributed by atoms with E-state index in [0.29, 0.717) is 0 Å². The molecule has 1 unspecified atom stereocenters. The van der Waals surface area contributed by atoms with Crippen LogP contribution in [0.3, 0.4) is 0 Å². The van der Waals surface area contributed by atoms with Crippen molar-refractivity contribution in [3.8, 4) is 0 Å². The van der Waals surface area contributed by atoms with Gasteiger partial charge in [-0.15, -0.1) is 0 Å². The number of aliphatic imine (C=N–C) groups is 1. The number of fused-ring (bicyclic) bond motifs is 1. The van der Waals surface area contributed by atoms with Crippen LogP contribution < -0.4 is 10.7 Å². The van der Waals surface area contributed by atoms with Crippen LogP contribution in [0.5, 0.6) is 0 Å². The fourth-order valence-electron chi connectivity index (χ4n) is 1.74. The van der Waals surface area contributed by atoms with Crippen LogP contribution in [-0.2, 0) is 0 Å². The third-order valence-electron chi connectivity index (χ3n) is 2.51. The van der Waals surface area contributed by atoms with Gasteiger partial charge in [-0.3, -0.25) is 10.7 Å². The van der Waals surface area contributed by atoms with E-state index in [4.69, 9.17) is 5.73 Å². The lowest BCUT2D eigenvalue weighted by molar-refractivity contribution is 0.529. The van der Waals surface area contributed by atoms with Crippen LogP contribution >= 0.6 is 0 Å². The van der Waals surface area contributed by atoms with Crippen LogP contribution in [0.15, 0.2) is 47.7 Å². The quantitative estimate of drug-likeness (QED) is 0.762. The fraction of sp³-hybridized carbons (Fsp3) is 0.0909. The van der Waals surface area contributed by atoms with Crippen molar-refractivity contribution >= 4 is 17.1 Å². The molecule has 2 N–H and O–H groups in total. The lowest BCUT2D eigenvalue weighted by Crippen LogP contribution is -2.45. The number of nitrogens with zero attached hydrogens (tertiary/aromatic N) is 4. The van der Waals surface area contributed by atoms with Crippen molar-refractivity contribution in [1.82, 2.24) is 9.89 Å². The fourth-order valence-corrected chi connectivity index (χ4v) is 1.74. The van der Waals surface area contributed by atoms with Crippen molar-refractivity contribution in [3.63, 3.8) is 0 Å². The molecular weight excluding hydrogens is 202 g/mol. The molecule has 1 aromatic carbocycles. The van der Waals surface area contributed by atoms with E-state index in [0.717, 1.165) is 10.9 Å². The molecule has 5 heteroatoms. The van der Waals surface area contributed by atoms with Crippen LogP contribution in [0.4, 0.5) is 0 Å². The number of para-hydroxylation sites is 1. The van der Waals surface area contributed by atoms with Crippen LogP contribution in [-0.4, -0.2) is 22.4 Å². The monoisotopic (exact) mass is 213 g/mol. The van der Waals surface area contributed by atoms with Gasteiger partial charge >= 0.3 is 0 Å². The molecule has 16 heavy (non-hydrogen) atoms. The Kier molecular flexibility index (Phi) is 1.97. The van der Waals surface area contributed by atoms with Crippen LogP contribution in [0.1, 0.15) is 0 Å². The van der Waals surface area contributed by atoms with Gasteiger partial charge < -0.3 is 0 Å². The third-order valence-corrected chi connectivity index (χ3v) is 2.51. The third kappa shape index (κ3) is 1.30. The molecule has 2 aromatic rings. The summed E-state index contributed by atoms with van der Waals surface area (Å²) in [5.41, 5.74) is 6.89. The van der Waals surface area contributed by atoms with E-state index in [-0.39, 0.29) is 0 Å². The number of allylic oxidation sites excluding steroid dienone is 1. The maximum atomic E-state index is 5.88. The summed E-state index contributed by atoms with van der Waals surface area (Å²) >= 11 is 0. The van der Waals surface area contributed by atoms with E-state index in [1.165, 1.54) is 0 Å². The predicted octanol–water partition coefficient (Wildman–Crippen LogP) is 0.815. The molecule has 0 fully saturated rings. The lowest BCUT2D eigenvalue weighted by Gasteiger charge is -2.26. The zero-order valence-corrected chi connectivity index (χ0v) is 8.56. The van der Waals surface area contributed by atoms with Gasteiger partial charge in [0.05, 0.1) is 11.7 Å². The lowest BCUT2D eigenvalue weighted by atomic mass is 10.3. The normalized spacial score (nSPS) is 19.6. The van der Waals surface area contributed by atoms with E-state index >= 15 is 0 Å². The largest absolute Gasteiger partial charge is 0.291 e. The highest BCUT2D eigenvalue weighted by Gasteiger charge is 2.15. The smallest absolute Gasteiger partial charge is 0.192 e. The number of rotatable bonds is 1. The van der Waals surface area contributed by atoms with Crippen molar-refractivity contribution < 1.29 is 0 Å². The second-order valence-electron chi connectivity index (χ2n) is 3.53. The summed E-state index contributed by atoms with van der Waals surface area (Å²) in [6, 6.07) is 7.98. The summed E-state index contributed by atoms with van der Waals surface area (Å²) in [5, 5.41) is 7.17. The topological polar surface area (TPSA) is 59.4 Å². The molecular formula is C11H11N5. The van der Waals surface area contributed by atoms with Crippen LogP contribution in [0.2, 0.25) is 0 Å². The standard InChI is InChI=1S/C11H11N5/c12-11-13-6-3-7-15(11)16-10-5-2-1-4-9(10)8-14-16/h1-8,11H,12H2. The average molecular weight is 213 g/mol. The maximum Gasteiger partial charge on any atom is 0.192 e. The van der Waals surface area contributed by atoms with E-state index in [1.807, 2.05) is 42.7 Å². The summed E-state index contributed by atoms with van der Waals surface area (Å²) in [5.74, 6) is 0. The van der Waals surface area contributed by atoms with Crippen molar-refractivity contribution in [3.05, 3.63) is 42.7 Å². The van der Waals surface area contributed by atoms with Crippen molar-refractivity contribution in [2.24, 2.45) is 10.7 Å². The molecule has 2 heterocycles. The molecule has 1 aliphatic heterocycles. The van der Waals surface area contributed by atoms with E-state index in [9.17, 15) is 0 Å². The highest BCUT2D eigenvalue weighted by molar-refractivity contribution is 5.79. The first-order valence-electron chi connectivity index (χ1n) is 5.03. The first kappa shape index (κ1) is 9.11. The van der Waals surface area contributed by atoms with Gasteiger partial charge in [0.15, 0.2) is 6.29 Å². The average Bonchev–Trinajstić information content (AvgIpc) is 2.74. The van der Waals surface area contributed by atoms with Gasteiger partial charge in [0.1, 0.15) is 0 Å². The Balaban J connectivity index is 2.12. The van der Waals surface area contributed by atoms with Gasteiger partial charge in [0.25, 0.3) is 0 Å². The molecule has 5 nitrogen and oxygen atoms in total. The molecule has 0 bridgehead atoms. The van der Waals surface area contributed by atoms with Crippen molar-refractivity contribution in [2.45, 2.75) is 6.29 Å². The van der Waals surface area contributed by atoms with Crippen molar-refractivity contribution in [2.75, 3.05) is 5.01 Å². The van der Waals surface area contributed by atoms with Gasteiger partial charge in [0, 0.05) is 17.8 Å². The molecule has 0 saturated heterocycles. The molecule has 0 saturated carbocycles. The SMILES string of the molecule is NC1N=CC=CN1n1ncc2ccccc21. The second kappa shape index (κ2) is 3.46. The maximum absolute atomic E-state index is 5.88. The first-order chi connectivity index (χ1) is 7.86. The second-order valence-corrected chi connectivity index (χ2v) is 3.53. The Morgan fingerprint density at radius 2 is 2.12 bits per heavy atom. The summed E-state index contributed by atoms with van der Waals surface area (Å²) in [4.78, 5) is 5.86. The molecule has 1 aromatic heterocycles. The van der Waals surface area contributed by atoms with Gasteiger partial charge in [0.2, 0.25) is 0 Å². The highest BCUT2D eigenvalue weighted by atomic mass is 15.7. The van der Waals surface area contributed by atoms with E-state index < -0.39 is 6.29 Å². The summed E-state index contributed by atoms with van der Waals surface area (Å²) in [6.07, 6.45) is 6.77. The van der Waals surface area contributed by atoms with Gasteiger partial charge in [-0.05, 0) is 12.1 Å². The van der Waals surface area contributed by atoms with Gasteiger partial charge in [-0.25, -0.2) is 5.01 Å². The summed E-state index contributed by atoms with van der Waals surface area (Å²) < 4.78 is 0. The number of aromatic nitrogens is 2. The minimum absolute atomic E-state index is 0.423. The number of nitrogens with two attached hydrogens (primary N) is 1. The van der Waals surface area contributed by atoms with Gasteiger partial charge in [-0.2, -0.15) is 9.89 Å². The zero-order valence-electron chi connectivity index (χ0n) is 8.56. The molecule has 0 spiro atoms.